The number of rotatable bonds is 7. The first-order valence-electron chi connectivity index (χ1n) is 7.54. The van der Waals surface area contributed by atoms with E-state index in [1.807, 2.05) is 13.8 Å². The van der Waals surface area contributed by atoms with Crippen molar-refractivity contribution in [2.45, 2.75) is 39.2 Å². The van der Waals surface area contributed by atoms with Crippen LogP contribution in [0.15, 0.2) is 18.2 Å². The Hall–Kier alpha value is -1.28. The van der Waals surface area contributed by atoms with E-state index in [1.54, 1.807) is 6.07 Å². The van der Waals surface area contributed by atoms with Gasteiger partial charge in [-0.2, -0.15) is 0 Å². The highest BCUT2D eigenvalue weighted by Gasteiger charge is 2.28. The Labute approximate surface area is 151 Å². The van der Waals surface area contributed by atoms with E-state index in [9.17, 15) is 19.6 Å². The lowest BCUT2D eigenvalue weighted by Gasteiger charge is -2.22. The minimum absolute atomic E-state index is 0.157. The maximum Gasteiger partial charge on any atom is 0.475 e. The largest absolute Gasteiger partial charge is 0.475 e. The molecule has 0 saturated carbocycles. The molecule has 2 amide bonds. The molecule has 0 fully saturated rings. The number of hydrogen-bond acceptors (Lipinski definition) is 4. The molecular weight excluding hydrogens is 354 g/mol. The van der Waals surface area contributed by atoms with Crippen LogP contribution in [0.5, 0.6) is 0 Å². The molecule has 1 rings (SSSR count). The molecule has 6 nitrogen and oxygen atoms in total. The van der Waals surface area contributed by atoms with Gasteiger partial charge < -0.3 is 20.7 Å². The zero-order valence-electron chi connectivity index (χ0n) is 13.7. The van der Waals surface area contributed by atoms with E-state index in [-0.39, 0.29) is 16.5 Å². The van der Waals surface area contributed by atoms with E-state index in [2.05, 4.69) is 10.6 Å². The van der Waals surface area contributed by atoms with Gasteiger partial charge in [-0.05, 0) is 37.5 Å². The van der Waals surface area contributed by atoms with Crippen LogP contribution in [0.1, 0.15) is 37.6 Å². The van der Waals surface area contributed by atoms with E-state index in [4.69, 9.17) is 23.2 Å². The van der Waals surface area contributed by atoms with Crippen molar-refractivity contribution in [1.29, 1.82) is 0 Å². The fraction of sp³-hybridized carbons (Fsp3) is 0.467. The second-order valence-corrected chi connectivity index (χ2v) is 6.82. The van der Waals surface area contributed by atoms with Crippen LogP contribution in [0, 0.1) is 5.92 Å². The van der Waals surface area contributed by atoms with Crippen LogP contribution in [0.25, 0.3) is 0 Å². The standard InChI is InChI=1S/C15H21BCl2N2O4/c1-8(2)6-13(16(23)24)20-14(21)9(3)19-15(22)11-7-10(17)4-5-12(11)18/h4-5,7-9,13,23-24H,6H2,1-3H3,(H,19,22)(H,20,21)/t9-,13+/m1/s1. The van der Waals surface area contributed by atoms with Crippen molar-refractivity contribution < 1.29 is 19.6 Å². The summed E-state index contributed by atoms with van der Waals surface area (Å²) in [7, 11) is -1.68. The van der Waals surface area contributed by atoms with Crippen LogP contribution in [0.4, 0.5) is 0 Å². The quantitative estimate of drug-likeness (QED) is 0.545. The predicted octanol–water partition coefficient (Wildman–Crippen LogP) is 1.65. The third kappa shape index (κ3) is 6.32. The highest BCUT2D eigenvalue weighted by atomic mass is 35.5. The Morgan fingerprint density at radius 3 is 2.33 bits per heavy atom. The van der Waals surface area contributed by atoms with Crippen LogP contribution in [0.2, 0.25) is 10.0 Å². The summed E-state index contributed by atoms with van der Waals surface area (Å²) in [6.45, 7) is 5.28. The summed E-state index contributed by atoms with van der Waals surface area (Å²) in [6, 6.07) is 3.56. The summed E-state index contributed by atoms with van der Waals surface area (Å²) >= 11 is 11.8. The molecule has 2 atom stereocenters. The zero-order chi connectivity index (χ0) is 18.4. The molecule has 0 aromatic heterocycles. The summed E-state index contributed by atoms with van der Waals surface area (Å²) < 4.78 is 0. The monoisotopic (exact) mass is 374 g/mol. The van der Waals surface area contributed by atoms with Gasteiger partial charge in [-0.15, -0.1) is 0 Å². The molecule has 9 heteroatoms. The van der Waals surface area contributed by atoms with Crippen molar-refractivity contribution >= 4 is 42.1 Å². The Morgan fingerprint density at radius 2 is 1.79 bits per heavy atom. The van der Waals surface area contributed by atoms with E-state index < -0.39 is 30.9 Å². The average Bonchev–Trinajstić information content (AvgIpc) is 2.48. The Bertz CT molecular complexity index is 599. The summed E-state index contributed by atoms with van der Waals surface area (Å²) in [5, 5.41) is 24.3. The minimum atomic E-state index is -1.68. The first-order chi connectivity index (χ1) is 11.1. The molecular formula is C15H21BCl2N2O4. The van der Waals surface area contributed by atoms with Crippen molar-refractivity contribution in [3.8, 4) is 0 Å². The summed E-state index contributed by atoms with van der Waals surface area (Å²) in [6.07, 6.45) is 0.393. The molecule has 0 saturated heterocycles. The first kappa shape index (κ1) is 20.8. The number of benzene rings is 1. The molecule has 0 bridgehead atoms. The highest BCUT2D eigenvalue weighted by Crippen LogP contribution is 2.20. The molecule has 0 spiro atoms. The van der Waals surface area contributed by atoms with Gasteiger partial charge in [0.25, 0.3) is 5.91 Å². The van der Waals surface area contributed by atoms with Gasteiger partial charge in [0.1, 0.15) is 6.04 Å². The number of nitrogens with one attached hydrogen (secondary N) is 2. The third-order valence-electron chi connectivity index (χ3n) is 3.33. The van der Waals surface area contributed by atoms with Crippen molar-refractivity contribution in [1.82, 2.24) is 10.6 Å². The second kappa shape index (κ2) is 9.27. The highest BCUT2D eigenvalue weighted by molar-refractivity contribution is 6.43. The molecule has 0 aliphatic heterocycles. The zero-order valence-corrected chi connectivity index (χ0v) is 15.2. The van der Waals surface area contributed by atoms with Gasteiger partial charge in [-0.1, -0.05) is 37.0 Å². The molecule has 0 heterocycles. The Kier molecular flexibility index (Phi) is 8.02. The van der Waals surface area contributed by atoms with Gasteiger partial charge in [0, 0.05) is 5.02 Å². The SMILES string of the molecule is CC(C)C[C@H](NC(=O)[C@@H](C)NC(=O)c1cc(Cl)ccc1Cl)B(O)O. The van der Waals surface area contributed by atoms with E-state index in [1.165, 1.54) is 19.1 Å². The van der Waals surface area contributed by atoms with Gasteiger partial charge in [0.2, 0.25) is 5.91 Å². The molecule has 1 aromatic carbocycles. The summed E-state index contributed by atoms with van der Waals surface area (Å²) in [5.74, 6) is -1.73. The number of carbonyl (C=O) groups excluding carboxylic acids is 2. The van der Waals surface area contributed by atoms with Crippen LogP contribution < -0.4 is 10.6 Å². The molecule has 0 unspecified atom stereocenters. The van der Waals surface area contributed by atoms with E-state index in [0.29, 0.717) is 11.4 Å². The van der Waals surface area contributed by atoms with Crippen LogP contribution in [-0.2, 0) is 4.79 Å². The average molecular weight is 375 g/mol. The van der Waals surface area contributed by atoms with Gasteiger partial charge in [0.15, 0.2) is 0 Å². The van der Waals surface area contributed by atoms with Crippen LogP contribution in [0.3, 0.4) is 0 Å². The topological polar surface area (TPSA) is 98.7 Å². The van der Waals surface area contributed by atoms with Crippen molar-refractivity contribution in [3.05, 3.63) is 33.8 Å². The van der Waals surface area contributed by atoms with E-state index >= 15 is 0 Å². The van der Waals surface area contributed by atoms with Gasteiger partial charge in [-0.3, -0.25) is 9.59 Å². The number of carbonyl (C=O) groups is 2. The normalized spacial score (nSPS) is 13.3. The fourth-order valence-electron chi connectivity index (χ4n) is 2.08. The third-order valence-corrected chi connectivity index (χ3v) is 3.89. The van der Waals surface area contributed by atoms with Crippen LogP contribution in [-0.4, -0.2) is 41.0 Å². The predicted molar refractivity (Wildman–Crippen MR) is 95.0 cm³/mol. The minimum Gasteiger partial charge on any atom is -0.426 e. The number of amides is 2. The smallest absolute Gasteiger partial charge is 0.426 e. The van der Waals surface area contributed by atoms with Crippen LogP contribution >= 0.6 is 23.2 Å². The van der Waals surface area contributed by atoms with E-state index in [0.717, 1.165) is 0 Å². The molecule has 24 heavy (non-hydrogen) atoms. The summed E-state index contributed by atoms with van der Waals surface area (Å²) in [4.78, 5) is 24.3. The molecule has 0 aliphatic rings. The Morgan fingerprint density at radius 1 is 1.17 bits per heavy atom. The first-order valence-corrected chi connectivity index (χ1v) is 8.29. The number of hydrogen-bond donors (Lipinski definition) is 4. The van der Waals surface area contributed by atoms with Gasteiger partial charge in [-0.25, -0.2) is 0 Å². The lowest BCUT2D eigenvalue weighted by Crippen LogP contribution is -2.53. The van der Waals surface area contributed by atoms with Crippen molar-refractivity contribution in [3.63, 3.8) is 0 Å². The molecule has 0 radical (unpaired) electrons. The molecule has 0 aliphatic carbocycles. The lowest BCUT2D eigenvalue weighted by atomic mass is 9.75. The fourth-order valence-corrected chi connectivity index (χ4v) is 2.46. The number of halogens is 2. The summed E-state index contributed by atoms with van der Waals surface area (Å²) in [5.41, 5.74) is 0.157. The maximum absolute atomic E-state index is 12.2. The van der Waals surface area contributed by atoms with Gasteiger partial charge in [0.05, 0.1) is 16.5 Å². The van der Waals surface area contributed by atoms with Gasteiger partial charge >= 0.3 is 7.12 Å². The molecule has 1 aromatic rings. The Balaban J connectivity index is 2.72. The molecule has 4 N–H and O–H groups in total. The molecule has 132 valence electrons. The second-order valence-electron chi connectivity index (χ2n) is 5.98. The van der Waals surface area contributed by atoms with Crippen molar-refractivity contribution in [2.24, 2.45) is 5.92 Å². The van der Waals surface area contributed by atoms with Crippen molar-refractivity contribution in [2.75, 3.05) is 0 Å². The lowest BCUT2D eigenvalue weighted by molar-refractivity contribution is -0.123. The maximum atomic E-state index is 12.2.